The normalized spacial score (nSPS) is 14.6. The molecule has 0 radical (unpaired) electrons. The molecule has 0 atom stereocenters. The van der Waals surface area contributed by atoms with Crippen LogP contribution in [0, 0.1) is 5.92 Å². The Kier molecular flexibility index (Phi) is 19.0. The second kappa shape index (κ2) is 21.2. The summed E-state index contributed by atoms with van der Waals surface area (Å²) in [4.78, 5) is 13.9. The van der Waals surface area contributed by atoms with Gasteiger partial charge in [-0.15, -0.1) is 0 Å². The Morgan fingerprint density at radius 2 is 1.77 bits per heavy atom. The van der Waals surface area contributed by atoms with Crippen LogP contribution >= 0.6 is 11.9 Å². The highest BCUT2D eigenvalue weighted by molar-refractivity contribution is 7.97. The van der Waals surface area contributed by atoms with Crippen molar-refractivity contribution in [2.24, 2.45) is 22.4 Å². The van der Waals surface area contributed by atoms with Gasteiger partial charge in [0.15, 0.2) is 0 Å². The molecule has 2 aromatic carbocycles. The minimum absolute atomic E-state index is 0.0417. The molecular weight excluding hydrogens is 556 g/mol. The van der Waals surface area contributed by atoms with E-state index in [1.165, 1.54) is 34.4 Å². The Morgan fingerprint density at radius 1 is 1.09 bits per heavy atom. The van der Waals surface area contributed by atoms with Crippen LogP contribution in [-0.4, -0.2) is 76.0 Å². The minimum Gasteiger partial charge on any atom is -0.387 e. The molecule has 4 rings (SSSR count). The summed E-state index contributed by atoms with van der Waals surface area (Å²) in [5.41, 5.74) is 17.5. The number of methoxy groups -OCH3 is 1. The third kappa shape index (κ3) is 15.7. The van der Waals surface area contributed by atoms with Crippen molar-refractivity contribution in [2.75, 3.05) is 53.4 Å². The van der Waals surface area contributed by atoms with E-state index in [0.29, 0.717) is 11.8 Å². The number of nitrogens with zero attached hydrogens (tertiary/aromatic N) is 2. The lowest BCUT2D eigenvalue weighted by Gasteiger charge is -2.37. The zero-order chi connectivity index (χ0) is 32.3. The predicted octanol–water partition coefficient (Wildman–Crippen LogP) is 5.89. The molecule has 2 aromatic rings. The number of nitrogens with two attached hydrogens (primary N) is 2. The molecule has 2 aliphatic rings. The summed E-state index contributed by atoms with van der Waals surface area (Å²) in [6.07, 6.45) is 5.37. The van der Waals surface area contributed by atoms with Crippen molar-refractivity contribution in [1.29, 1.82) is 0 Å². The summed E-state index contributed by atoms with van der Waals surface area (Å²) in [7, 11) is 3.69. The Morgan fingerprint density at radius 3 is 2.37 bits per heavy atom. The monoisotopic (exact) mass is 612 g/mol. The van der Waals surface area contributed by atoms with Crippen molar-refractivity contribution in [2.45, 2.75) is 64.4 Å². The van der Waals surface area contributed by atoms with Crippen molar-refractivity contribution in [1.82, 2.24) is 14.9 Å². The van der Waals surface area contributed by atoms with Gasteiger partial charge < -0.3 is 31.6 Å². The van der Waals surface area contributed by atoms with Crippen LogP contribution < -0.4 is 22.1 Å². The Hall–Kier alpha value is -2.53. The summed E-state index contributed by atoms with van der Waals surface area (Å²) in [6, 6.07) is 15.1. The van der Waals surface area contributed by atoms with Crippen LogP contribution in [0.25, 0.3) is 17.2 Å². The maximum Gasteiger partial charge on any atom is 0.106 e. The molecule has 1 fully saturated rings. The topological polar surface area (TPSA) is 118 Å². The van der Waals surface area contributed by atoms with Gasteiger partial charge in [-0.1, -0.05) is 42.8 Å². The van der Waals surface area contributed by atoms with Gasteiger partial charge in [-0.05, 0) is 121 Å². The van der Waals surface area contributed by atoms with E-state index < -0.39 is 0 Å². The largest absolute Gasteiger partial charge is 0.387 e. The lowest BCUT2D eigenvalue weighted by Crippen LogP contribution is -2.45. The third-order valence-electron chi connectivity index (χ3n) is 6.63. The van der Waals surface area contributed by atoms with E-state index in [1.54, 1.807) is 7.11 Å². The molecule has 0 unspecified atom stereocenters. The average Bonchev–Trinajstić information content (AvgIpc) is 3.11. The first kappa shape index (κ1) is 38.5. The molecule has 0 spiro atoms. The highest BCUT2D eigenvalue weighted by atomic mass is 32.2. The van der Waals surface area contributed by atoms with Crippen LogP contribution in [0.2, 0.25) is 0 Å². The van der Waals surface area contributed by atoms with Crippen molar-refractivity contribution in [3.8, 4) is 11.1 Å². The van der Waals surface area contributed by atoms with Gasteiger partial charge in [-0.25, -0.2) is 9.30 Å². The van der Waals surface area contributed by atoms with Gasteiger partial charge in [0.2, 0.25) is 0 Å². The molecule has 43 heavy (non-hydrogen) atoms. The van der Waals surface area contributed by atoms with Crippen LogP contribution in [-0.2, 0) is 9.53 Å². The van der Waals surface area contributed by atoms with Crippen LogP contribution in [0.1, 0.15) is 59.4 Å². The van der Waals surface area contributed by atoms with E-state index >= 15 is 0 Å². The lowest BCUT2D eigenvalue weighted by molar-refractivity contribution is -0.0980. The van der Waals surface area contributed by atoms with E-state index in [9.17, 15) is 0 Å². The van der Waals surface area contributed by atoms with Crippen molar-refractivity contribution in [3.63, 3.8) is 0 Å². The summed E-state index contributed by atoms with van der Waals surface area (Å²) in [5.74, 6) is 1.32. The van der Waals surface area contributed by atoms with Crippen LogP contribution in [0.15, 0.2) is 57.9 Å². The van der Waals surface area contributed by atoms with E-state index in [2.05, 4.69) is 82.3 Å². The summed E-state index contributed by atoms with van der Waals surface area (Å²) >= 11 is 1.81. The van der Waals surface area contributed by atoms with E-state index in [4.69, 9.17) is 21.0 Å². The zero-order valence-corrected chi connectivity index (χ0v) is 28.4. The van der Waals surface area contributed by atoms with Gasteiger partial charge in [0.25, 0.3) is 0 Å². The average molecular weight is 613 g/mol. The number of rotatable bonds is 10. The van der Waals surface area contributed by atoms with E-state index in [1.807, 2.05) is 46.6 Å². The molecule has 2 heterocycles. The number of amidine groups is 1. The number of carbonyl (C=O) groups is 1. The maximum atomic E-state index is 8.00. The molecule has 6 N–H and O–H groups in total. The SMILES string of the molecule is C=O.CC1=Cc2ccc(-c3cccc(SN4CC(CN)C4)c3)cc2N=C(N)C1.CCCNCCCNC.COC(C)(C)C. The predicted molar refractivity (Wildman–Crippen MR) is 187 cm³/mol. The minimum atomic E-state index is 0.0417. The molecule has 2 aliphatic heterocycles. The first-order valence-electron chi connectivity index (χ1n) is 15.2. The lowest BCUT2D eigenvalue weighted by atomic mass is 10.0. The molecule has 1 saturated heterocycles. The van der Waals surface area contributed by atoms with Gasteiger partial charge in [-0.2, -0.15) is 0 Å². The number of fused-ring (bicyclic) bond motifs is 1. The van der Waals surface area contributed by atoms with Crippen LogP contribution in [0.5, 0.6) is 0 Å². The zero-order valence-electron chi connectivity index (χ0n) is 27.5. The number of ether oxygens (including phenoxy) is 1. The highest BCUT2D eigenvalue weighted by Crippen LogP contribution is 2.35. The molecule has 0 aliphatic carbocycles. The van der Waals surface area contributed by atoms with Crippen LogP contribution in [0.3, 0.4) is 0 Å². The van der Waals surface area contributed by atoms with E-state index in [0.717, 1.165) is 56.9 Å². The van der Waals surface area contributed by atoms with Gasteiger partial charge >= 0.3 is 0 Å². The number of aliphatic imine (C=N–C) groups is 1. The fourth-order valence-corrected chi connectivity index (χ4v) is 5.25. The Labute approximate surface area is 265 Å². The number of hydrogen-bond donors (Lipinski definition) is 4. The molecule has 0 amide bonds. The number of nitrogens with one attached hydrogen (secondary N) is 2. The van der Waals surface area contributed by atoms with Gasteiger partial charge in [0.1, 0.15) is 12.6 Å². The number of benzene rings is 2. The third-order valence-corrected chi connectivity index (χ3v) is 7.66. The number of carbonyl (C=O) groups excluding carboxylic acids is 1. The quantitative estimate of drug-likeness (QED) is 0.194. The summed E-state index contributed by atoms with van der Waals surface area (Å²) < 4.78 is 7.30. The van der Waals surface area contributed by atoms with Gasteiger partial charge in [-0.3, -0.25) is 0 Å². The first-order chi connectivity index (χ1) is 20.6. The molecule has 8 nitrogen and oxygen atoms in total. The maximum absolute atomic E-state index is 8.00. The standard InChI is InChI=1S/C21H24N4S.C7H18N2.C5H12O.CH2O/c1-14-7-18-6-5-17(10-20(18)24-21(23)8-14)16-3-2-4-19(9-16)26-25-12-15(11-22)13-25;1-3-5-9-7-4-6-8-2;1-5(2,3)6-4;1-2/h2-7,9-10,15H,8,11-13,22H2,1H3,(H2,23,24);8-9H,3-7H2,1-2H3;1-4H3;1H2. The molecular formula is C34H56N6O2S. The summed E-state index contributed by atoms with van der Waals surface area (Å²) in [6.45, 7) is 18.7. The highest BCUT2D eigenvalue weighted by Gasteiger charge is 2.26. The fourth-order valence-electron chi connectivity index (χ4n) is 4.06. The molecule has 240 valence electrons. The molecule has 0 bridgehead atoms. The van der Waals surface area contributed by atoms with Crippen LogP contribution in [0.4, 0.5) is 5.69 Å². The smallest absolute Gasteiger partial charge is 0.106 e. The molecule has 0 aromatic heterocycles. The number of hydrogen-bond acceptors (Lipinski definition) is 9. The van der Waals surface area contributed by atoms with E-state index in [-0.39, 0.29) is 5.60 Å². The second-order valence-corrected chi connectivity index (χ2v) is 12.8. The second-order valence-electron chi connectivity index (χ2n) is 11.6. The molecule has 0 saturated carbocycles. The molecule has 9 heteroatoms. The van der Waals surface area contributed by atoms with Gasteiger partial charge in [0, 0.05) is 37.1 Å². The Balaban J connectivity index is 0.000000452. The Bertz CT molecular complexity index is 1120. The van der Waals surface area contributed by atoms with Crippen molar-refractivity contribution in [3.05, 3.63) is 53.6 Å². The van der Waals surface area contributed by atoms with Gasteiger partial charge in [0.05, 0.1) is 11.3 Å². The van der Waals surface area contributed by atoms with Crippen molar-refractivity contribution >= 4 is 36.3 Å². The fraction of sp³-hybridized carbons (Fsp3) is 0.529. The van der Waals surface area contributed by atoms with Crippen molar-refractivity contribution < 1.29 is 9.53 Å². The summed E-state index contributed by atoms with van der Waals surface area (Å²) in [5, 5.41) is 6.43. The first-order valence-corrected chi connectivity index (χ1v) is 15.9.